The van der Waals surface area contributed by atoms with E-state index in [9.17, 15) is 9.18 Å². The van der Waals surface area contributed by atoms with E-state index in [2.05, 4.69) is 20.2 Å². The lowest BCUT2D eigenvalue weighted by Gasteiger charge is -2.33. The van der Waals surface area contributed by atoms with E-state index in [1.807, 2.05) is 30.1 Å². The third kappa shape index (κ3) is 4.85. The van der Waals surface area contributed by atoms with Gasteiger partial charge in [-0.3, -0.25) is 0 Å². The molecular weight excluding hydrogens is 367 g/mol. The highest BCUT2D eigenvalue weighted by Crippen LogP contribution is 2.28. The van der Waals surface area contributed by atoms with Crippen molar-refractivity contribution in [1.29, 1.82) is 0 Å². The van der Waals surface area contributed by atoms with Crippen molar-refractivity contribution in [2.45, 2.75) is 11.6 Å². The molecule has 0 bridgehead atoms. The summed E-state index contributed by atoms with van der Waals surface area (Å²) in [6, 6.07) is 8.29. The smallest absolute Gasteiger partial charge is 0.212 e. The lowest BCUT2D eigenvalue weighted by atomic mass is 9.45. The largest absolute Gasteiger partial charge is 0.360 e. The van der Waals surface area contributed by atoms with Gasteiger partial charge in [0.1, 0.15) is 12.1 Å². The molecule has 1 atom stereocenters. The minimum atomic E-state index is -1.45. The highest BCUT2D eigenvalue weighted by molar-refractivity contribution is 6.41. The topological polar surface area (TPSA) is 71.9 Å². The van der Waals surface area contributed by atoms with Crippen LogP contribution < -0.4 is 4.90 Å². The summed E-state index contributed by atoms with van der Waals surface area (Å²) in [6.07, 6.45) is 7.41. The first-order valence-electron chi connectivity index (χ1n) is 9.01. The maximum Gasteiger partial charge on any atom is 0.212 e. The summed E-state index contributed by atoms with van der Waals surface area (Å²) < 4.78 is 13.1. The van der Waals surface area contributed by atoms with E-state index < -0.39 is 17.1 Å². The van der Waals surface area contributed by atoms with Crippen molar-refractivity contribution in [2.75, 3.05) is 18.5 Å². The minimum Gasteiger partial charge on any atom is -0.360 e. The second-order valence-corrected chi connectivity index (χ2v) is 6.79. The molecule has 0 N–H and O–H groups in total. The fourth-order valence-corrected chi connectivity index (χ4v) is 2.96. The Morgan fingerprint density at radius 2 is 1.86 bits per heavy atom. The summed E-state index contributed by atoms with van der Waals surface area (Å²) in [7, 11) is 14.2. The molecule has 4 radical (unpaired) electrons. The van der Waals surface area contributed by atoms with Gasteiger partial charge >= 0.3 is 0 Å². The van der Waals surface area contributed by atoms with E-state index >= 15 is 0 Å². The Morgan fingerprint density at radius 1 is 1.07 bits per heavy atom. The van der Waals surface area contributed by atoms with Crippen molar-refractivity contribution in [3.8, 4) is 11.1 Å². The summed E-state index contributed by atoms with van der Waals surface area (Å²) >= 11 is 0. The number of hydrogen-bond acceptors (Lipinski definition) is 6. The molecule has 0 saturated carbocycles. The molecule has 0 aliphatic rings. The van der Waals surface area contributed by atoms with Crippen LogP contribution >= 0.6 is 0 Å². The first-order valence-corrected chi connectivity index (χ1v) is 9.01. The van der Waals surface area contributed by atoms with E-state index in [-0.39, 0.29) is 0 Å². The van der Waals surface area contributed by atoms with Gasteiger partial charge < -0.3 is 9.69 Å². The summed E-state index contributed by atoms with van der Waals surface area (Å²) in [5.74, 6) is -0.577. The zero-order valence-corrected chi connectivity index (χ0v) is 15.9. The molecule has 0 aliphatic carbocycles. The van der Waals surface area contributed by atoms with Gasteiger partial charge in [-0.15, -0.1) is 0 Å². The molecule has 0 aromatic carbocycles. The third-order valence-corrected chi connectivity index (χ3v) is 4.84. The number of aldehydes is 1. The summed E-state index contributed by atoms with van der Waals surface area (Å²) in [4.78, 5) is 21.6. The Morgan fingerprint density at radius 3 is 2.45 bits per heavy atom. The molecule has 29 heavy (non-hydrogen) atoms. The van der Waals surface area contributed by atoms with Gasteiger partial charge in [-0.1, -0.05) is 11.3 Å². The average Bonchev–Trinajstić information content (AvgIpc) is 2.75. The van der Waals surface area contributed by atoms with Crippen molar-refractivity contribution >= 4 is 27.8 Å². The lowest BCUT2D eigenvalue weighted by Crippen LogP contribution is -2.39. The molecule has 3 rings (SSSR count). The fourth-order valence-electron chi connectivity index (χ4n) is 2.96. The predicted molar refractivity (Wildman–Crippen MR) is 110 cm³/mol. The molecule has 3 aromatic heterocycles. The van der Waals surface area contributed by atoms with Crippen LogP contribution in [0.3, 0.4) is 0 Å². The van der Waals surface area contributed by atoms with Gasteiger partial charge in [-0.25, -0.2) is 9.97 Å². The normalized spacial score (nSPS) is 12.3. The quantitative estimate of drug-likeness (QED) is 0.335. The Balaban J connectivity index is 1.66. The van der Waals surface area contributed by atoms with Crippen LogP contribution in [0.25, 0.3) is 11.1 Å². The van der Waals surface area contributed by atoms with Crippen LogP contribution in [-0.4, -0.2) is 55.7 Å². The van der Waals surface area contributed by atoms with Gasteiger partial charge in [0, 0.05) is 43.0 Å². The number of carbonyl (C=O) groups is 1. The number of hydrogen-bond donors (Lipinski definition) is 0. The van der Waals surface area contributed by atoms with Crippen LogP contribution in [0.2, 0.25) is 0 Å². The van der Waals surface area contributed by atoms with Crippen LogP contribution in [0.15, 0.2) is 55.1 Å². The van der Waals surface area contributed by atoms with E-state index in [1.54, 1.807) is 18.6 Å². The number of anilines is 1. The second kappa shape index (κ2) is 8.94. The molecule has 6 nitrogen and oxygen atoms in total. The van der Waals surface area contributed by atoms with Gasteiger partial charge in [-0.05, 0) is 36.2 Å². The Labute approximate surface area is 171 Å². The standard InChI is InChI=1S/C20H18B2FN5O/c1-28(19-5-2-14(10-25-19)15-6-8-26-27-11-15)9-7-17(13-29)20(21,22)16-3-4-18(23)24-12-16/h2-6,8,10-13,17H,7,9H2,1H3. The van der Waals surface area contributed by atoms with Gasteiger partial charge in [-0.2, -0.15) is 14.6 Å². The fraction of sp³-hybridized carbons (Fsp3) is 0.250. The van der Waals surface area contributed by atoms with E-state index in [0.717, 1.165) is 23.2 Å². The zero-order chi connectivity index (χ0) is 20.9. The van der Waals surface area contributed by atoms with Crippen molar-refractivity contribution in [3.63, 3.8) is 0 Å². The van der Waals surface area contributed by atoms with Crippen molar-refractivity contribution in [3.05, 3.63) is 66.6 Å². The highest BCUT2D eigenvalue weighted by Gasteiger charge is 2.30. The van der Waals surface area contributed by atoms with E-state index in [0.29, 0.717) is 18.5 Å². The molecule has 0 saturated heterocycles. The number of pyridine rings is 2. The Bertz CT molecular complexity index is 939. The lowest BCUT2D eigenvalue weighted by molar-refractivity contribution is -0.111. The van der Waals surface area contributed by atoms with Crippen LogP contribution in [0.1, 0.15) is 12.0 Å². The molecule has 0 amide bonds. The molecule has 9 heteroatoms. The SMILES string of the molecule is [B]C([B])(c1ccc(F)nc1)C(C=O)CCN(C)c1ccc(-c2ccnnc2)cn1. The van der Waals surface area contributed by atoms with Gasteiger partial charge in [0.05, 0.1) is 28.1 Å². The van der Waals surface area contributed by atoms with Crippen molar-refractivity contribution in [2.24, 2.45) is 5.92 Å². The minimum absolute atomic E-state index is 0.391. The zero-order valence-electron chi connectivity index (χ0n) is 15.9. The number of nitrogens with zero attached hydrogens (tertiary/aromatic N) is 5. The van der Waals surface area contributed by atoms with Gasteiger partial charge in [0.2, 0.25) is 5.95 Å². The van der Waals surface area contributed by atoms with Crippen molar-refractivity contribution in [1.82, 2.24) is 20.2 Å². The summed E-state index contributed by atoms with van der Waals surface area (Å²) in [5.41, 5.74) is 2.24. The van der Waals surface area contributed by atoms with Crippen LogP contribution in [0.4, 0.5) is 10.2 Å². The van der Waals surface area contributed by atoms with E-state index in [4.69, 9.17) is 15.7 Å². The van der Waals surface area contributed by atoms with Crippen LogP contribution in [0.5, 0.6) is 0 Å². The van der Waals surface area contributed by atoms with Crippen LogP contribution in [-0.2, 0) is 10.0 Å². The predicted octanol–water partition coefficient (Wildman–Crippen LogP) is 1.90. The third-order valence-electron chi connectivity index (χ3n) is 4.84. The number of halogens is 1. The maximum atomic E-state index is 13.1. The summed E-state index contributed by atoms with van der Waals surface area (Å²) in [5, 5.41) is 6.17. The molecule has 3 aromatic rings. The van der Waals surface area contributed by atoms with Gasteiger partial charge in [0.25, 0.3) is 0 Å². The van der Waals surface area contributed by atoms with E-state index in [1.165, 1.54) is 18.3 Å². The highest BCUT2D eigenvalue weighted by atomic mass is 19.1. The number of rotatable bonds is 8. The average molecular weight is 385 g/mol. The molecule has 0 fully saturated rings. The second-order valence-electron chi connectivity index (χ2n) is 6.79. The van der Waals surface area contributed by atoms with Crippen molar-refractivity contribution < 1.29 is 9.18 Å². The number of aromatic nitrogens is 4. The number of carbonyl (C=O) groups excluding carboxylic acids is 1. The van der Waals surface area contributed by atoms with Gasteiger partial charge in [0.15, 0.2) is 0 Å². The molecule has 1 unspecified atom stereocenters. The first kappa shape index (κ1) is 20.6. The first-order chi connectivity index (χ1) is 13.9. The maximum absolute atomic E-state index is 13.1. The Kier molecular flexibility index (Phi) is 6.36. The molecule has 0 aliphatic heterocycles. The molecule has 3 heterocycles. The molecular formula is C20H18B2FN5O. The molecule has 0 spiro atoms. The molecule has 142 valence electrons. The monoisotopic (exact) mass is 385 g/mol. The summed E-state index contributed by atoms with van der Waals surface area (Å²) in [6.45, 7) is 0.497. The van der Waals surface area contributed by atoms with Crippen LogP contribution in [0, 0.1) is 11.9 Å². The Hall–Kier alpha value is -3.09.